The summed E-state index contributed by atoms with van der Waals surface area (Å²) in [6.45, 7) is 1.00. The SMILES string of the molecule is CN(C)CCc1ccc(NC(=O)c2nc3cccnc3s2)cc1. The van der Waals surface area contributed by atoms with Crippen LogP contribution in [0.5, 0.6) is 0 Å². The zero-order chi connectivity index (χ0) is 16.2. The highest BCUT2D eigenvalue weighted by atomic mass is 32.1. The lowest BCUT2D eigenvalue weighted by molar-refractivity contribution is 0.102. The van der Waals surface area contributed by atoms with E-state index in [1.807, 2.05) is 36.4 Å². The molecule has 0 aliphatic carbocycles. The molecule has 0 fully saturated rings. The molecule has 0 unspecified atom stereocenters. The molecule has 0 atom stereocenters. The maximum Gasteiger partial charge on any atom is 0.284 e. The smallest absolute Gasteiger partial charge is 0.284 e. The molecule has 2 heterocycles. The van der Waals surface area contributed by atoms with E-state index in [2.05, 4.69) is 34.3 Å². The molecule has 118 valence electrons. The monoisotopic (exact) mass is 326 g/mol. The molecule has 0 aliphatic heterocycles. The van der Waals surface area contributed by atoms with Gasteiger partial charge in [0, 0.05) is 18.4 Å². The van der Waals surface area contributed by atoms with Crippen LogP contribution in [0.2, 0.25) is 0 Å². The number of pyridine rings is 1. The van der Waals surface area contributed by atoms with E-state index in [9.17, 15) is 4.79 Å². The standard InChI is InChI=1S/C17H18N4OS/c1-21(2)11-9-12-5-7-13(8-6-12)19-15(22)17-20-14-4-3-10-18-16(14)23-17/h3-8,10H,9,11H2,1-2H3,(H,19,22). The topological polar surface area (TPSA) is 58.1 Å². The summed E-state index contributed by atoms with van der Waals surface area (Å²) in [5, 5.41) is 3.31. The van der Waals surface area contributed by atoms with Gasteiger partial charge in [-0.1, -0.05) is 23.5 Å². The molecular weight excluding hydrogens is 308 g/mol. The lowest BCUT2D eigenvalue weighted by Crippen LogP contribution is -2.15. The lowest BCUT2D eigenvalue weighted by Gasteiger charge is -2.09. The second kappa shape index (κ2) is 6.85. The third kappa shape index (κ3) is 3.91. The molecule has 5 nitrogen and oxygen atoms in total. The van der Waals surface area contributed by atoms with Crippen molar-refractivity contribution in [2.75, 3.05) is 26.0 Å². The van der Waals surface area contributed by atoms with Crippen molar-refractivity contribution >= 4 is 33.3 Å². The van der Waals surface area contributed by atoms with Gasteiger partial charge in [0.2, 0.25) is 0 Å². The predicted molar refractivity (Wildman–Crippen MR) is 94.1 cm³/mol. The van der Waals surface area contributed by atoms with Crippen LogP contribution in [-0.4, -0.2) is 41.4 Å². The summed E-state index contributed by atoms with van der Waals surface area (Å²) in [6, 6.07) is 11.6. The summed E-state index contributed by atoms with van der Waals surface area (Å²) in [5.74, 6) is -0.200. The quantitative estimate of drug-likeness (QED) is 0.783. The van der Waals surface area contributed by atoms with E-state index in [0.717, 1.165) is 29.0 Å². The second-order valence-electron chi connectivity index (χ2n) is 5.55. The Labute approximate surface area is 139 Å². The largest absolute Gasteiger partial charge is 0.320 e. The van der Waals surface area contributed by atoms with Crippen LogP contribution in [0, 0.1) is 0 Å². The minimum absolute atomic E-state index is 0.200. The van der Waals surface area contributed by atoms with Gasteiger partial charge in [-0.25, -0.2) is 9.97 Å². The van der Waals surface area contributed by atoms with Gasteiger partial charge in [-0.05, 0) is 50.3 Å². The molecular formula is C17H18N4OS. The Hall–Kier alpha value is -2.31. The summed E-state index contributed by atoms with van der Waals surface area (Å²) in [7, 11) is 4.11. The highest BCUT2D eigenvalue weighted by Crippen LogP contribution is 2.20. The van der Waals surface area contributed by atoms with Crippen LogP contribution in [-0.2, 0) is 6.42 Å². The molecule has 0 spiro atoms. The number of hydrogen-bond acceptors (Lipinski definition) is 5. The van der Waals surface area contributed by atoms with Crippen molar-refractivity contribution in [3.05, 3.63) is 53.2 Å². The lowest BCUT2D eigenvalue weighted by atomic mass is 10.1. The first-order valence-electron chi connectivity index (χ1n) is 7.38. The number of fused-ring (bicyclic) bond motifs is 1. The van der Waals surface area contributed by atoms with Crippen LogP contribution in [0.4, 0.5) is 5.69 Å². The van der Waals surface area contributed by atoms with Gasteiger partial charge in [0.15, 0.2) is 5.01 Å². The maximum atomic E-state index is 12.3. The summed E-state index contributed by atoms with van der Waals surface area (Å²) < 4.78 is 0. The van der Waals surface area contributed by atoms with Gasteiger partial charge in [0.05, 0.1) is 0 Å². The Morgan fingerprint density at radius 2 is 2.00 bits per heavy atom. The number of carbonyl (C=O) groups excluding carboxylic acids is 1. The number of rotatable bonds is 5. The zero-order valence-corrected chi connectivity index (χ0v) is 13.9. The summed E-state index contributed by atoms with van der Waals surface area (Å²) in [6.07, 6.45) is 2.69. The Bertz CT molecular complexity index is 778. The average molecular weight is 326 g/mol. The number of nitrogens with zero attached hydrogens (tertiary/aromatic N) is 3. The fraction of sp³-hybridized carbons (Fsp3) is 0.235. The van der Waals surface area contributed by atoms with Gasteiger partial charge in [0.1, 0.15) is 10.3 Å². The fourth-order valence-electron chi connectivity index (χ4n) is 2.16. The Morgan fingerprint density at radius 3 is 2.70 bits per heavy atom. The minimum Gasteiger partial charge on any atom is -0.320 e. The zero-order valence-electron chi connectivity index (χ0n) is 13.1. The maximum absolute atomic E-state index is 12.3. The first kappa shape index (κ1) is 15.6. The van der Waals surface area contributed by atoms with E-state index in [0.29, 0.717) is 5.01 Å². The number of carbonyl (C=O) groups is 1. The van der Waals surface area contributed by atoms with Crippen LogP contribution in [0.15, 0.2) is 42.6 Å². The van der Waals surface area contributed by atoms with Gasteiger partial charge in [-0.15, -0.1) is 0 Å². The van der Waals surface area contributed by atoms with Crippen LogP contribution in [0.25, 0.3) is 10.3 Å². The van der Waals surface area contributed by atoms with Gasteiger partial charge in [-0.2, -0.15) is 0 Å². The molecule has 1 amide bonds. The summed E-state index contributed by atoms with van der Waals surface area (Å²) in [5.41, 5.74) is 2.78. The number of thiazole rings is 1. The number of amides is 1. The summed E-state index contributed by atoms with van der Waals surface area (Å²) in [4.78, 5) is 23.7. The molecule has 3 aromatic rings. The van der Waals surface area contributed by atoms with Gasteiger partial charge in [-0.3, -0.25) is 4.79 Å². The predicted octanol–water partition coefficient (Wildman–Crippen LogP) is 3.05. The molecule has 0 aliphatic rings. The second-order valence-corrected chi connectivity index (χ2v) is 6.53. The Morgan fingerprint density at radius 1 is 1.22 bits per heavy atom. The third-order valence-corrected chi connectivity index (χ3v) is 4.40. The number of anilines is 1. The van der Waals surface area contributed by atoms with Crippen molar-refractivity contribution in [3.63, 3.8) is 0 Å². The Balaban J connectivity index is 1.67. The molecule has 0 saturated heterocycles. The van der Waals surface area contributed by atoms with E-state index < -0.39 is 0 Å². The first-order chi connectivity index (χ1) is 11.1. The molecule has 0 saturated carbocycles. The molecule has 6 heteroatoms. The molecule has 0 bridgehead atoms. The molecule has 23 heavy (non-hydrogen) atoms. The molecule has 0 radical (unpaired) electrons. The third-order valence-electron chi connectivity index (χ3n) is 3.42. The van der Waals surface area contributed by atoms with E-state index in [-0.39, 0.29) is 5.91 Å². The fourth-order valence-corrected chi connectivity index (χ4v) is 2.96. The van der Waals surface area contributed by atoms with Crippen molar-refractivity contribution in [2.24, 2.45) is 0 Å². The van der Waals surface area contributed by atoms with Crippen molar-refractivity contribution in [2.45, 2.75) is 6.42 Å². The van der Waals surface area contributed by atoms with E-state index in [4.69, 9.17) is 0 Å². The molecule has 1 N–H and O–H groups in total. The summed E-state index contributed by atoms with van der Waals surface area (Å²) >= 11 is 1.30. The average Bonchev–Trinajstić information content (AvgIpc) is 2.98. The number of aromatic nitrogens is 2. The van der Waals surface area contributed by atoms with Gasteiger partial charge in [0.25, 0.3) is 5.91 Å². The normalized spacial score (nSPS) is 11.1. The molecule has 1 aromatic carbocycles. The molecule has 3 rings (SSSR count). The number of likely N-dealkylation sites (N-methyl/N-ethyl adjacent to an activating group) is 1. The van der Waals surface area contributed by atoms with Gasteiger partial charge < -0.3 is 10.2 Å². The van der Waals surface area contributed by atoms with E-state index in [1.165, 1.54) is 16.9 Å². The van der Waals surface area contributed by atoms with Gasteiger partial charge >= 0.3 is 0 Å². The van der Waals surface area contributed by atoms with Crippen LogP contribution >= 0.6 is 11.3 Å². The van der Waals surface area contributed by atoms with Crippen LogP contribution < -0.4 is 5.32 Å². The highest BCUT2D eigenvalue weighted by Gasteiger charge is 2.12. The Kier molecular flexibility index (Phi) is 4.64. The van der Waals surface area contributed by atoms with Crippen molar-refractivity contribution in [1.82, 2.24) is 14.9 Å². The van der Waals surface area contributed by atoms with Crippen molar-refractivity contribution in [1.29, 1.82) is 0 Å². The molecule has 2 aromatic heterocycles. The van der Waals surface area contributed by atoms with Crippen LogP contribution in [0.3, 0.4) is 0 Å². The number of benzene rings is 1. The van der Waals surface area contributed by atoms with Crippen molar-refractivity contribution < 1.29 is 4.79 Å². The highest BCUT2D eigenvalue weighted by molar-refractivity contribution is 7.20. The number of nitrogens with one attached hydrogen (secondary N) is 1. The number of hydrogen-bond donors (Lipinski definition) is 1. The van der Waals surface area contributed by atoms with Crippen LogP contribution in [0.1, 0.15) is 15.4 Å². The first-order valence-corrected chi connectivity index (χ1v) is 8.20. The van der Waals surface area contributed by atoms with E-state index >= 15 is 0 Å². The minimum atomic E-state index is -0.200. The van der Waals surface area contributed by atoms with Crippen molar-refractivity contribution in [3.8, 4) is 0 Å². The van der Waals surface area contributed by atoms with E-state index in [1.54, 1.807) is 6.20 Å².